The summed E-state index contributed by atoms with van der Waals surface area (Å²) in [6.07, 6.45) is 4.77. The SMILES string of the molecule is Cc1cccc(C)c1-c1cc([C@H](CC(=O)O)NC(=O)[C@@H](CC(C)C)n2cc(C3CCN(C4CCCC4)CC3)c(C(F)(F)F)cc2=O)cc2c1CCC2. The number of piperidine rings is 1. The Bertz CT molecular complexity index is 1830. The number of rotatable bonds is 11. The molecule has 2 aliphatic carbocycles. The Morgan fingerprint density at radius 2 is 1.63 bits per heavy atom. The molecule has 3 aromatic rings. The number of nitrogens with one attached hydrogen (secondary N) is 1. The molecule has 2 heterocycles. The van der Waals surface area contributed by atoms with E-state index in [0.29, 0.717) is 43.6 Å². The van der Waals surface area contributed by atoms with Gasteiger partial charge in [0, 0.05) is 18.3 Å². The van der Waals surface area contributed by atoms with Gasteiger partial charge in [-0.2, -0.15) is 13.2 Å². The number of halogens is 3. The molecule has 2 atom stereocenters. The van der Waals surface area contributed by atoms with Crippen LogP contribution in [-0.2, 0) is 28.6 Å². The quantitative estimate of drug-likeness (QED) is 0.207. The summed E-state index contributed by atoms with van der Waals surface area (Å²) in [7, 11) is 0. The monoisotopic (exact) mass is 719 g/mol. The normalized spacial score (nSPS) is 18.5. The number of aliphatic carboxylic acids is 1. The number of likely N-dealkylation sites (tertiary alicyclic amines) is 1. The van der Waals surface area contributed by atoms with Crippen LogP contribution in [0.4, 0.5) is 13.2 Å². The van der Waals surface area contributed by atoms with Crippen molar-refractivity contribution in [2.45, 2.75) is 129 Å². The summed E-state index contributed by atoms with van der Waals surface area (Å²) in [5.74, 6) is -2.18. The number of benzene rings is 2. The van der Waals surface area contributed by atoms with Crippen molar-refractivity contribution in [3.63, 3.8) is 0 Å². The summed E-state index contributed by atoms with van der Waals surface area (Å²) in [4.78, 5) is 42.6. The molecule has 0 radical (unpaired) electrons. The zero-order valence-electron chi connectivity index (χ0n) is 30.8. The average molecular weight is 720 g/mol. The van der Waals surface area contributed by atoms with E-state index in [2.05, 4.69) is 36.2 Å². The molecule has 2 N–H and O–H groups in total. The van der Waals surface area contributed by atoms with Gasteiger partial charge in [-0.3, -0.25) is 14.4 Å². The smallest absolute Gasteiger partial charge is 0.416 e. The number of aromatic nitrogens is 1. The molecule has 2 fully saturated rings. The predicted octanol–water partition coefficient (Wildman–Crippen LogP) is 8.68. The number of carboxylic acids is 1. The van der Waals surface area contributed by atoms with E-state index in [1.165, 1.54) is 29.2 Å². The Hall–Kier alpha value is -3.92. The molecule has 0 spiro atoms. The second-order valence-electron chi connectivity index (χ2n) is 15.8. The number of carbonyl (C=O) groups is 2. The minimum atomic E-state index is -4.72. The molecule has 1 amide bonds. The second-order valence-corrected chi connectivity index (χ2v) is 15.8. The molecule has 1 aliphatic heterocycles. The summed E-state index contributed by atoms with van der Waals surface area (Å²) in [5.41, 5.74) is 5.57. The molecular formula is C42H52F3N3O4. The highest BCUT2D eigenvalue weighted by Gasteiger charge is 2.39. The Labute approximate surface area is 304 Å². The fourth-order valence-corrected chi connectivity index (χ4v) is 9.11. The van der Waals surface area contributed by atoms with Crippen molar-refractivity contribution in [2.24, 2.45) is 5.92 Å². The first-order chi connectivity index (χ1) is 24.7. The highest BCUT2D eigenvalue weighted by atomic mass is 19.4. The van der Waals surface area contributed by atoms with Crippen molar-refractivity contribution in [1.29, 1.82) is 0 Å². The highest BCUT2D eigenvalue weighted by molar-refractivity contribution is 5.82. The van der Waals surface area contributed by atoms with Gasteiger partial charge < -0.3 is 19.9 Å². The third-order valence-electron chi connectivity index (χ3n) is 11.6. The molecule has 52 heavy (non-hydrogen) atoms. The number of carbonyl (C=O) groups excluding carboxylic acids is 1. The number of carboxylic acid groups (broad SMARTS) is 1. The lowest BCUT2D eigenvalue weighted by molar-refractivity contribution is -0.139. The standard InChI is InChI=1S/C42H52F3N3O4/c1-25(2)19-37(48-24-34(35(22-38(48)49)42(43,44)45)28-15-17-47(18-16-28)31-12-5-6-13-31)41(52)46-36(23-39(50)51)30-20-29-11-8-14-32(29)33(21-30)40-26(3)9-7-10-27(40)4/h7,9-10,20-22,24-25,28,31,36-37H,5-6,8,11-19,23H2,1-4H3,(H,46,52)(H,50,51)/t36-,37+/m0/s1. The Morgan fingerprint density at radius 3 is 2.25 bits per heavy atom. The minimum absolute atomic E-state index is 0.0543. The second kappa shape index (κ2) is 15.6. The van der Waals surface area contributed by atoms with Crippen LogP contribution >= 0.6 is 0 Å². The van der Waals surface area contributed by atoms with Gasteiger partial charge in [-0.15, -0.1) is 0 Å². The third-order valence-corrected chi connectivity index (χ3v) is 11.6. The fourth-order valence-electron chi connectivity index (χ4n) is 9.11. The average Bonchev–Trinajstić information content (AvgIpc) is 3.79. The third kappa shape index (κ3) is 8.17. The number of hydrogen-bond acceptors (Lipinski definition) is 4. The van der Waals surface area contributed by atoms with Gasteiger partial charge in [-0.25, -0.2) is 0 Å². The van der Waals surface area contributed by atoms with E-state index in [4.69, 9.17) is 0 Å². The number of aryl methyl sites for hydroxylation is 3. The fraction of sp³-hybridized carbons (Fsp3) is 0.548. The summed E-state index contributed by atoms with van der Waals surface area (Å²) in [6, 6.07) is 9.19. The van der Waals surface area contributed by atoms with Crippen molar-refractivity contribution < 1.29 is 27.9 Å². The van der Waals surface area contributed by atoms with E-state index < -0.39 is 53.6 Å². The number of alkyl halides is 3. The Morgan fingerprint density at radius 1 is 0.962 bits per heavy atom. The van der Waals surface area contributed by atoms with Crippen LogP contribution in [0.5, 0.6) is 0 Å². The van der Waals surface area contributed by atoms with E-state index in [1.807, 2.05) is 32.0 Å². The van der Waals surface area contributed by atoms with Crippen molar-refractivity contribution in [1.82, 2.24) is 14.8 Å². The molecule has 1 saturated heterocycles. The molecule has 7 nitrogen and oxygen atoms in total. The summed E-state index contributed by atoms with van der Waals surface area (Å²) in [6.45, 7) is 9.28. The van der Waals surface area contributed by atoms with Crippen LogP contribution in [0.3, 0.4) is 0 Å². The summed E-state index contributed by atoms with van der Waals surface area (Å²) in [5, 5.41) is 13.0. The Balaban J connectivity index is 1.36. The lowest BCUT2D eigenvalue weighted by Crippen LogP contribution is -2.42. The molecule has 6 rings (SSSR count). The molecule has 10 heteroatoms. The molecular weight excluding hydrogens is 667 g/mol. The van der Waals surface area contributed by atoms with Crippen molar-refractivity contribution in [3.05, 3.63) is 91.9 Å². The molecule has 3 aliphatic rings. The zero-order chi connectivity index (χ0) is 37.3. The predicted molar refractivity (Wildman–Crippen MR) is 197 cm³/mol. The van der Waals surface area contributed by atoms with Crippen molar-refractivity contribution in [2.75, 3.05) is 13.1 Å². The number of amides is 1. The summed E-state index contributed by atoms with van der Waals surface area (Å²) < 4.78 is 44.7. The van der Waals surface area contributed by atoms with Crippen molar-refractivity contribution >= 4 is 11.9 Å². The maximum absolute atomic E-state index is 14.5. The van der Waals surface area contributed by atoms with Gasteiger partial charge >= 0.3 is 12.1 Å². The van der Waals surface area contributed by atoms with Gasteiger partial charge in [-0.1, -0.05) is 51.0 Å². The van der Waals surface area contributed by atoms with Crippen LogP contribution in [-0.4, -0.2) is 45.6 Å². The van der Waals surface area contributed by atoms with Gasteiger partial charge in [0.25, 0.3) is 5.56 Å². The number of nitrogens with zero attached hydrogens (tertiary/aromatic N) is 2. The molecule has 1 aromatic heterocycles. The maximum Gasteiger partial charge on any atom is 0.416 e. The first-order valence-electron chi connectivity index (χ1n) is 19.0. The first-order valence-corrected chi connectivity index (χ1v) is 19.0. The molecule has 280 valence electrons. The van der Waals surface area contributed by atoms with Crippen LogP contribution in [0.1, 0.15) is 129 Å². The maximum atomic E-state index is 14.5. The lowest BCUT2D eigenvalue weighted by Gasteiger charge is -2.37. The molecule has 1 saturated carbocycles. The van der Waals surface area contributed by atoms with E-state index in [-0.39, 0.29) is 17.9 Å². The lowest BCUT2D eigenvalue weighted by atomic mass is 9.86. The van der Waals surface area contributed by atoms with Gasteiger partial charge in [-0.05, 0) is 141 Å². The van der Waals surface area contributed by atoms with Crippen LogP contribution in [0.25, 0.3) is 11.1 Å². The topological polar surface area (TPSA) is 91.6 Å². The molecule has 2 aromatic carbocycles. The van der Waals surface area contributed by atoms with E-state index in [0.717, 1.165) is 59.9 Å². The first kappa shape index (κ1) is 37.8. The van der Waals surface area contributed by atoms with Crippen molar-refractivity contribution in [3.8, 4) is 11.1 Å². The zero-order valence-corrected chi connectivity index (χ0v) is 30.8. The van der Waals surface area contributed by atoms with Gasteiger partial charge in [0.2, 0.25) is 5.91 Å². The highest BCUT2D eigenvalue weighted by Crippen LogP contribution is 2.41. The number of hydrogen-bond donors (Lipinski definition) is 2. The van der Waals surface area contributed by atoms with E-state index in [9.17, 15) is 32.7 Å². The largest absolute Gasteiger partial charge is 0.481 e. The van der Waals surface area contributed by atoms with Crippen LogP contribution in [0.15, 0.2) is 47.4 Å². The Kier molecular flexibility index (Phi) is 11.3. The number of pyridine rings is 1. The number of fused-ring (bicyclic) bond motifs is 1. The van der Waals surface area contributed by atoms with E-state index in [1.54, 1.807) is 0 Å². The van der Waals surface area contributed by atoms with Crippen LogP contribution in [0, 0.1) is 19.8 Å². The van der Waals surface area contributed by atoms with Gasteiger partial charge in [0.1, 0.15) is 6.04 Å². The van der Waals surface area contributed by atoms with Crippen LogP contribution in [0.2, 0.25) is 0 Å². The van der Waals surface area contributed by atoms with Gasteiger partial charge in [0.15, 0.2) is 0 Å². The molecule has 0 unspecified atom stereocenters. The minimum Gasteiger partial charge on any atom is -0.481 e. The summed E-state index contributed by atoms with van der Waals surface area (Å²) >= 11 is 0. The van der Waals surface area contributed by atoms with Crippen LogP contribution < -0.4 is 10.9 Å². The molecule has 0 bridgehead atoms. The van der Waals surface area contributed by atoms with E-state index >= 15 is 0 Å². The van der Waals surface area contributed by atoms with Gasteiger partial charge in [0.05, 0.1) is 18.0 Å².